The number of hydrogen-bond acceptors (Lipinski definition) is 2. The van der Waals surface area contributed by atoms with E-state index in [4.69, 9.17) is 16.7 Å². The van der Waals surface area contributed by atoms with Gasteiger partial charge in [0.05, 0.1) is 0 Å². The predicted octanol–water partition coefficient (Wildman–Crippen LogP) is 2.17. The van der Waals surface area contributed by atoms with Crippen molar-refractivity contribution in [2.45, 2.75) is 25.9 Å². The number of rotatable bonds is 2. The molecule has 1 aromatic carbocycles. The van der Waals surface area contributed by atoms with Crippen molar-refractivity contribution in [2.75, 3.05) is 6.54 Å². The first-order valence-electron chi connectivity index (χ1n) is 5.36. The third kappa shape index (κ3) is 2.06. The minimum absolute atomic E-state index is 0.404. The molecule has 0 bridgehead atoms. The molecule has 16 heavy (non-hydrogen) atoms. The summed E-state index contributed by atoms with van der Waals surface area (Å²) >= 11 is 5.93. The topological polar surface area (TPSA) is 40.5 Å². The summed E-state index contributed by atoms with van der Waals surface area (Å²) in [5.41, 5.74) is 2.24. The van der Waals surface area contributed by atoms with Crippen LogP contribution >= 0.6 is 11.6 Å². The van der Waals surface area contributed by atoms with E-state index in [1.165, 1.54) is 0 Å². The van der Waals surface area contributed by atoms with Crippen LogP contribution in [-0.2, 0) is 17.8 Å². The van der Waals surface area contributed by atoms with E-state index in [9.17, 15) is 4.79 Å². The van der Waals surface area contributed by atoms with Gasteiger partial charge in [-0.1, -0.05) is 24.6 Å². The maximum atomic E-state index is 11.1. The fourth-order valence-electron chi connectivity index (χ4n) is 2.18. The minimum Gasteiger partial charge on any atom is -0.480 e. The van der Waals surface area contributed by atoms with Gasteiger partial charge in [0.15, 0.2) is 0 Å². The van der Waals surface area contributed by atoms with E-state index < -0.39 is 12.0 Å². The van der Waals surface area contributed by atoms with Crippen LogP contribution in [0.5, 0.6) is 0 Å². The lowest BCUT2D eigenvalue weighted by molar-refractivity contribution is -0.143. The Balaban J connectivity index is 2.33. The molecular formula is C12H14ClNO2. The number of benzene rings is 1. The Morgan fingerprint density at radius 1 is 1.56 bits per heavy atom. The number of halogens is 1. The molecule has 1 aliphatic heterocycles. The molecule has 0 aromatic heterocycles. The van der Waals surface area contributed by atoms with E-state index in [2.05, 4.69) is 0 Å². The summed E-state index contributed by atoms with van der Waals surface area (Å²) < 4.78 is 0. The molecule has 1 N–H and O–H groups in total. The summed E-state index contributed by atoms with van der Waals surface area (Å²) in [7, 11) is 0. The second-order valence-corrected chi connectivity index (χ2v) is 4.47. The van der Waals surface area contributed by atoms with Crippen molar-refractivity contribution in [3.63, 3.8) is 0 Å². The molecular weight excluding hydrogens is 226 g/mol. The number of hydrogen-bond donors (Lipinski definition) is 1. The van der Waals surface area contributed by atoms with Gasteiger partial charge in [0.2, 0.25) is 0 Å². The van der Waals surface area contributed by atoms with Crippen LogP contribution in [0.15, 0.2) is 18.2 Å². The molecule has 1 heterocycles. The molecule has 0 spiro atoms. The smallest absolute Gasteiger partial charge is 0.321 e. The van der Waals surface area contributed by atoms with Gasteiger partial charge in [-0.15, -0.1) is 0 Å². The standard InChI is InChI=1S/C12H14ClNO2/c1-2-14-7-9-5-10(13)4-3-8(9)6-11(14)12(15)16/h3-5,11H,2,6-7H2,1H3,(H,15,16)/t11-/m1/s1. The summed E-state index contributed by atoms with van der Waals surface area (Å²) in [6, 6.07) is 5.28. The van der Waals surface area contributed by atoms with E-state index >= 15 is 0 Å². The number of carboxylic acids is 1. The van der Waals surface area contributed by atoms with Crippen molar-refractivity contribution in [3.05, 3.63) is 34.3 Å². The van der Waals surface area contributed by atoms with Gasteiger partial charge in [0, 0.05) is 11.6 Å². The number of aliphatic carboxylic acids is 1. The van der Waals surface area contributed by atoms with Crippen molar-refractivity contribution in [1.29, 1.82) is 0 Å². The lowest BCUT2D eigenvalue weighted by Gasteiger charge is -2.33. The normalized spacial score (nSPS) is 20.5. The highest BCUT2D eigenvalue weighted by Gasteiger charge is 2.30. The van der Waals surface area contributed by atoms with Gasteiger partial charge in [0.1, 0.15) is 6.04 Å². The Labute approximate surface area is 99.6 Å². The summed E-state index contributed by atoms with van der Waals surface area (Å²) in [6.07, 6.45) is 0.565. The lowest BCUT2D eigenvalue weighted by atomic mass is 9.94. The zero-order valence-corrected chi connectivity index (χ0v) is 9.87. The highest BCUT2D eigenvalue weighted by atomic mass is 35.5. The van der Waals surface area contributed by atoms with Crippen molar-refractivity contribution in [3.8, 4) is 0 Å². The molecule has 0 saturated heterocycles. The number of carbonyl (C=O) groups is 1. The molecule has 0 unspecified atom stereocenters. The van der Waals surface area contributed by atoms with Crippen LogP contribution < -0.4 is 0 Å². The predicted molar refractivity (Wildman–Crippen MR) is 62.7 cm³/mol. The lowest BCUT2D eigenvalue weighted by Crippen LogP contribution is -2.45. The second-order valence-electron chi connectivity index (χ2n) is 4.03. The molecule has 2 rings (SSSR count). The zero-order valence-electron chi connectivity index (χ0n) is 9.11. The summed E-state index contributed by atoms with van der Waals surface area (Å²) in [5.74, 6) is -0.748. The van der Waals surface area contributed by atoms with E-state index in [0.29, 0.717) is 18.0 Å². The second kappa shape index (κ2) is 4.44. The Bertz CT molecular complexity index is 419. The molecule has 1 atom stereocenters. The monoisotopic (exact) mass is 239 g/mol. The molecule has 1 aromatic rings. The fourth-order valence-corrected chi connectivity index (χ4v) is 2.38. The van der Waals surface area contributed by atoms with Crippen LogP contribution in [0.3, 0.4) is 0 Å². The molecule has 0 aliphatic carbocycles. The maximum Gasteiger partial charge on any atom is 0.321 e. The molecule has 0 fully saturated rings. The average Bonchev–Trinajstić information content (AvgIpc) is 2.26. The SMILES string of the molecule is CCN1Cc2cc(Cl)ccc2C[C@@H]1C(=O)O. The number of carboxylic acid groups (broad SMARTS) is 1. The summed E-state index contributed by atoms with van der Waals surface area (Å²) in [6.45, 7) is 3.39. The Morgan fingerprint density at radius 2 is 2.31 bits per heavy atom. The largest absolute Gasteiger partial charge is 0.480 e. The van der Waals surface area contributed by atoms with Gasteiger partial charge >= 0.3 is 5.97 Å². The highest BCUT2D eigenvalue weighted by Crippen LogP contribution is 2.25. The van der Waals surface area contributed by atoms with Gasteiger partial charge in [-0.3, -0.25) is 9.69 Å². The van der Waals surface area contributed by atoms with Gasteiger partial charge in [0.25, 0.3) is 0 Å². The van der Waals surface area contributed by atoms with Crippen molar-refractivity contribution in [1.82, 2.24) is 4.90 Å². The number of fused-ring (bicyclic) bond motifs is 1. The third-order valence-corrected chi connectivity index (χ3v) is 3.32. The van der Waals surface area contributed by atoms with Crippen molar-refractivity contribution < 1.29 is 9.90 Å². The Morgan fingerprint density at radius 3 is 2.94 bits per heavy atom. The molecule has 1 aliphatic rings. The molecule has 4 heteroatoms. The molecule has 3 nitrogen and oxygen atoms in total. The third-order valence-electron chi connectivity index (χ3n) is 3.09. The number of likely N-dealkylation sites (N-methyl/N-ethyl adjacent to an activating group) is 1. The minimum atomic E-state index is -0.748. The van der Waals surface area contributed by atoms with E-state index in [-0.39, 0.29) is 0 Å². The Hall–Kier alpha value is -1.06. The van der Waals surface area contributed by atoms with Crippen molar-refractivity contribution in [2.24, 2.45) is 0 Å². The van der Waals surface area contributed by atoms with Crippen LogP contribution in [0, 0.1) is 0 Å². The van der Waals surface area contributed by atoms with E-state index in [1.54, 1.807) is 0 Å². The van der Waals surface area contributed by atoms with Gasteiger partial charge in [-0.25, -0.2) is 0 Å². The maximum absolute atomic E-state index is 11.1. The number of nitrogens with zero attached hydrogens (tertiary/aromatic N) is 1. The van der Waals surface area contributed by atoms with Gasteiger partial charge in [-0.05, 0) is 36.2 Å². The summed E-state index contributed by atoms with van der Waals surface area (Å²) in [5, 5.41) is 9.86. The van der Waals surface area contributed by atoms with Crippen LogP contribution in [0.2, 0.25) is 5.02 Å². The van der Waals surface area contributed by atoms with Crippen LogP contribution in [0.25, 0.3) is 0 Å². The molecule has 0 amide bonds. The molecule has 0 saturated carbocycles. The van der Waals surface area contributed by atoms with Crippen molar-refractivity contribution >= 4 is 17.6 Å². The molecule has 0 radical (unpaired) electrons. The average molecular weight is 240 g/mol. The van der Waals surface area contributed by atoms with Crippen LogP contribution in [0.1, 0.15) is 18.1 Å². The first-order chi connectivity index (χ1) is 7.61. The van der Waals surface area contributed by atoms with Gasteiger partial charge < -0.3 is 5.11 Å². The fraction of sp³-hybridized carbons (Fsp3) is 0.417. The van der Waals surface area contributed by atoms with Crippen LogP contribution in [0.4, 0.5) is 0 Å². The first kappa shape index (κ1) is 11.4. The van der Waals surface area contributed by atoms with E-state index in [0.717, 1.165) is 17.7 Å². The summed E-state index contributed by atoms with van der Waals surface area (Å²) in [4.78, 5) is 13.1. The highest BCUT2D eigenvalue weighted by molar-refractivity contribution is 6.30. The molecule has 86 valence electrons. The van der Waals surface area contributed by atoms with E-state index in [1.807, 2.05) is 30.0 Å². The first-order valence-corrected chi connectivity index (χ1v) is 5.73. The Kier molecular flexibility index (Phi) is 3.17. The zero-order chi connectivity index (χ0) is 11.7. The quantitative estimate of drug-likeness (QED) is 0.860. The van der Waals surface area contributed by atoms with Gasteiger partial charge in [-0.2, -0.15) is 0 Å². The van der Waals surface area contributed by atoms with Crippen LogP contribution in [-0.4, -0.2) is 28.6 Å².